The number of aliphatic hydroxyl groups excluding tert-OH is 1. The molecule has 0 saturated carbocycles. The minimum Gasteiger partial charge on any atom is -0.393 e. The summed E-state index contributed by atoms with van der Waals surface area (Å²) in [5.41, 5.74) is 2.84. The van der Waals surface area contributed by atoms with E-state index < -0.39 is 0 Å². The van der Waals surface area contributed by atoms with E-state index in [1.54, 1.807) is 6.92 Å². The summed E-state index contributed by atoms with van der Waals surface area (Å²) < 4.78 is 0. The number of rotatable bonds is 6. The van der Waals surface area contributed by atoms with Crippen LogP contribution in [0.25, 0.3) is 0 Å². The van der Waals surface area contributed by atoms with Gasteiger partial charge in [-0.1, -0.05) is 24.3 Å². The van der Waals surface area contributed by atoms with Crippen molar-refractivity contribution in [2.75, 3.05) is 26.2 Å². The molecule has 0 spiro atoms. The van der Waals surface area contributed by atoms with Crippen LogP contribution in [0.4, 0.5) is 4.79 Å². The third-order valence-electron chi connectivity index (χ3n) is 3.77. The van der Waals surface area contributed by atoms with Crippen molar-refractivity contribution in [2.24, 2.45) is 0 Å². The maximum atomic E-state index is 11.5. The van der Waals surface area contributed by atoms with Crippen molar-refractivity contribution in [3.63, 3.8) is 0 Å². The van der Waals surface area contributed by atoms with Crippen molar-refractivity contribution >= 4 is 6.03 Å². The number of carbonyl (C=O) groups is 1. The van der Waals surface area contributed by atoms with Gasteiger partial charge in [-0.05, 0) is 30.9 Å². The molecule has 1 aliphatic heterocycles. The smallest absolute Gasteiger partial charge is 0.314 e. The number of nitrogens with zero attached hydrogens (tertiary/aromatic N) is 1. The highest BCUT2D eigenvalue weighted by Gasteiger charge is 2.15. The summed E-state index contributed by atoms with van der Waals surface area (Å²) in [6.07, 6.45) is 1.28. The molecule has 0 saturated heterocycles. The molecule has 116 valence electrons. The van der Waals surface area contributed by atoms with Crippen LogP contribution in [0.1, 0.15) is 24.5 Å². The van der Waals surface area contributed by atoms with Gasteiger partial charge >= 0.3 is 6.03 Å². The molecular formula is C16H25N3O2. The Hall–Kier alpha value is -1.59. The number of hydrogen-bond acceptors (Lipinski definition) is 3. The molecule has 3 N–H and O–H groups in total. The van der Waals surface area contributed by atoms with Gasteiger partial charge in [0.1, 0.15) is 0 Å². The van der Waals surface area contributed by atoms with E-state index in [2.05, 4.69) is 39.8 Å². The number of nitrogens with one attached hydrogen (secondary N) is 2. The van der Waals surface area contributed by atoms with Crippen LogP contribution in [0.3, 0.4) is 0 Å². The number of aliphatic hydroxyl groups is 1. The molecule has 2 rings (SSSR count). The fraction of sp³-hybridized carbons (Fsp3) is 0.562. The van der Waals surface area contributed by atoms with Crippen molar-refractivity contribution in [3.05, 3.63) is 35.4 Å². The minimum atomic E-state index is -0.376. The van der Waals surface area contributed by atoms with Gasteiger partial charge in [-0.25, -0.2) is 4.79 Å². The van der Waals surface area contributed by atoms with Crippen molar-refractivity contribution in [2.45, 2.75) is 32.4 Å². The summed E-state index contributed by atoms with van der Waals surface area (Å²) in [6.45, 7) is 5.72. The number of fused-ring (bicyclic) bond motifs is 1. The monoisotopic (exact) mass is 291 g/mol. The van der Waals surface area contributed by atoms with Crippen LogP contribution in [0, 0.1) is 0 Å². The third-order valence-corrected chi connectivity index (χ3v) is 3.77. The quantitative estimate of drug-likeness (QED) is 0.736. The lowest BCUT2D eigenvalue weighted by Gasteiger charge is -2.28. The Bertz CT molecular complexity index is 463. The first-order valence-corrected chi connectivity index (χ1v) is 7.64. The average molecular weight is 291 g/mol. The average Bonchev–Trinajstić information content (AvgIpc) is 2.47. The largest absolute Gasteiger partial charge is 0.393 e. The number of benzene rings is 1. The van der Waals surface area contributed by atoms with Crippen LogP contribution >= 0.6 is 0 Å². The van der Waals surface area contributed by atoms with Crippen LogP contribution in [0.15, 0.2) is 24.3 Å². The molecule has 5 nitrogen and oxygen atoms in total. The molecule has 0 bridgehead atoms. The zero-order valence-corrected chi connectivity index (χ0v) is 12.6. The first kappa shape index (κ1) is 15.8. The van der Waals surface area contributed by atoms with Crippen molar-refractivity contribution in [1.82, 2.24) is 15.5 Å². The number of carbonyl (C=O) groups excluding carboxylic acids is 1. The second-order valence-corrected chi connectivity index (χ2v) is 5.62. The predicted octanol–water partition coefficient (Wildman–Crippen LogP) is 1.11. The fourth-order valence-corrected chi connectivity index (χ4v) is 2.53. The summed E-state index contributed by atoms with van der Waals surface area (Å²) in [5, 5.41) is 14.7. The molecule has 0 fully saturated rings. The Morgan fingerprint density at radius 3 is 2.76 bits per heavy atom. The molecular weight excluding hydrogens is 266 g/mol. The Morgan fingerprint density at radius 2 is 2.00 bits per heavy atom. The zero-order chi connectivity index (χ0) is 15.1. The van der Waals surface area contributed by atoms with E-state index in [1.807, 2.05) is 0 Å². The first-order valence-electron chi connectivity index (χ1n) is 7.64. The zero-order valence-electron chi connectivity index (χ0n) is 12.6. The van der Waals surface area contributed by atoms with Crippen molar-refractivity contribution in [3.8, 4) is 0 Å². The van der Waals surface area contributed by atoms with Crippen LogP contribution in [-0.4, -0.2) is 48.3 Å². The van der Waals surface area contributed by atoms with E-state index in [0.29, 0.717) is 19.5 Å². The number of amides is 2. The topological polar surface area (TPSA) is 64.6 Å². The maximum absolute atomic E-state index is 11.5. The second-order valence-electron chi connectivity index (χ2n) is 5.62. The second kappa shape index (κ2) is 8.00. The number of urea groups is 1. The van der Waals surface area contributed by atoms with Crippen molar-refractivity contribution < 1.29 is 9.90 Å². The SMILES string of the molecule is CC(O)CCNC(=O)NCCN1CCc2ccccc2C1. The maximum Gasteiger partial charge on any atom is 0.314 e. The van der Waals surface area contributed by atoms with Gasteiger partial charge in [-0.3, -0.25) is 4.90 Å². The van der Waals surface area contributed by atoms with Crippen LogP contribution < -0.4 is 10.6 Å². The predicted molar refractivity (Wildman–Crippen MR) is 83.1 cm³/mol. The molecule has 5 heteroatoms. The molecule has 1 aromatic rings. The molecule has 1 atom stereocenters. The minimum absolute atomic E-state index is 0.159. The summed E-state index contributed by atoms with van der Waals surface area (Å²) in [5.74, 6) is 0. The highest BCUT2D eigenvalue weighted by atomic mass is 16.3. The van der Waals surface area contributed by atoms with E-state index in [9.17, 15) is 4.79 Å². The van der Waals surface area contributed by atoms with E-state index in [4.69, 9.17) is 5.11 Å². The Morgan fingerprint density at radius 1 is 1.29 bits per heavy atom. The Balaban J connectivity index is 1.63. The Kier molecular flexibility index (Phi) is 6.02. The van der Waals surface area contributed by atoms with Gasteiger partial charge in [0.2, 0.25) is 0 Å². The first-order chi connectivity index (χ1) is 10.1. The van der Waals surface area contributed by atoms with Gasteiger partial charge in [0.25, 0.3) is 0 Å². The standard InChI is InChI=1S/C16H25N3O2/c1-13(20)6-8-17-16(21)18-9-11-19-10-7-14-4-2-3-5-15(14)12-19/h2-5,13,20H,6-12H2,1H3,(H2,17,18,21). The van der Waals surface area contributed by atoms with E-state index >= 15 is 0 Å². The van der Waals surface area contributed by atoms with Gasteiger partial charge in [0.15, 0.2) is 0 Å². The number of hydrogen-bond donors (Lipinski definition) is 3. The van der Waals surface area contributed by atoms with Crippen molar-refractivity contribution in [1.29, 1.82) is 0 Å². The van der Waals surface area contributed by atoms with E-state index in [1.165, 1.54) is 11.1 Å². The molecule has 0 radical (unpaired) electrons. The van der Waals surface area contributed by atoms with Gasteiger partial charge in [0.05, 0.1) is 6.10 Å². The lowest BCUT2D eigenvalue weighted by Crippen LogP contribution is -2.42. The molecule has 1 heterocycles. The summed E-state index contributed by atoms with van der Waals surface area (Å²) in [4.78, 5) is 13.9. The van der Waals surface area contributed by atoms with Crippen LogP contribution in [-0.2, 0) is 13.0 Å². The molecule has 0 aliphatic carbocycles. The summed E-state index contributed by atoms with van der Waals surface area (Å²) in [7, 11) is 0. The molecule has 1 aromatic carbocycles. The molecule has 0 aromatic heterocycles. The fourth-order valence-electron chi connectivity index (χ4n) is 2.53. The molecule has 21 heavy (non-hydrogen) atoms. The highest BCUT2D eigenvalue weighted by molar-refractivity contribution is 5.73. The summed E-state index contributed by atoms with van der Waals surface area (Å²) in [6, 6.07) is 8.38. The molecule has 1 unspecified atom stereocenters. The van der Waals surface area contributed by atoms with E-state index in [-0.39, 0.29) is 12.1 Å². The lowest BCUT2D eigenvalue weighted by molar-refractivity contribution is 0.183. The van der Waals surface area contributed by atoms with Gasteiger partial charge in [-0.2, -0.15) is 0 Å². The van der Waals surface area contributed by atoms with Gasteiger partial charge in [-0.15, -0.1) is 0 Å². The van der Waals surface area contributed by atoms with Gasteiger partial charge in [0, 0.05) is 32.7 Å². The third kappa shape index (κ3) is 5.36. The van der Waals surface area contributed by atoms with Crippen LogP contribution in [0.5, 0.6) is 0 Å². The van der Waals surface area contributed by atoms with E-state index in [0.717, 1.165) is 26.1 Å². The normalized spacial score (nSPS) is 16.1. The summed E-state index contributed by atoms with van der Waals surface area (Å²) >= 11 is 0. The Labute approximate surface area is 126 Å². The molecule has 2 amide bonds. The van der Waals surface area contributed by atoms with Gasteiger partial charge < -0.3 is 15.7 Å². The lowest BCUT2D eigenvalue weighted by atomic mass is 10.00. The highest BCUT2D eigenvalue weighted by Crippen LogP contribution is 2.17. The van der Waals surface area contributed by atoms with Crippen LogP contribution in [0.2, 0.25) is 0 Å². The molecule has 1 aliphatic rings.